The molecule has 0 saturated heterocycles. The lowest BCUT2D eigenvalue weighted by Gasteiger charge is -2.15. The highest BCUT2D eigenvalue weighted by molar-refractivity contribution is 5.97. The van der Waals surface area contributed by atoms with E-state index < -0.39 is 0 Å². The number of amides is 1. The minimum absolute atomic E-state index is 0.00181. The molecule has 1 heterocycles. The molecular weight excluding hydrogens is 202 g/mol. The van der Waals surface area contributed by atoms with E-state index in [-0.39, 0.29) is 5.91 Å². The molecule has 0 aliphatic heterocycles. The third-order valence-electron chi connectivity index (χ3n) is 2.61. The molecule has 0 spiro atoms. The standard InChI is InChI=1S/C12H15N3O/c1-15(7-5-13)12(16)10-3-2-9-4-6-14-11(9)8-10/h2-4,6,8,14H,5,7,13H2,1H3. The number of carbonyl (C=O) groups excluding carboxylic acids is 1. The predicted octanol–water partition coefficient (Wildman–Crippen LogP) is 1.20. The van der Waals surface area contributed by atoms with Gasteiger partial charge in [0.2, 0.25) is 0 Å². The first-order chi connectivity index (χ1) is 7.72. The van der Waals surface area contributed by atoms with E-state index in [2.05, 4.69) is 4.98 Å². The van der Waals surface area contributed by atoms with Crippen molar-refractivity contribution in [2.75, 3.05) is 20.1 Å². The van der Waals surface area contributed by atoms with Gasteiger partial charge in [0.1, 0.15) is 0 Å². The lowest BCUT2D eigenvalue weighted by molar-refractivity contribution is 0.0799. The molecular formula is C12H15N3O. The number of carbonyl (C=O) groups is 1. The number of likely N-dealkylation sites (N-methyl/N-ethyl adjacent to an activating group) is 1. The van der Waals surface area contributed by atoms with E-state index in [0.717, 1.165) is 10.9 Å². The van der Waals surface area contributed by atoms with Crippen LogP contribution in [-0.2, 0) is 0 Å². The number of nitrogens with two attached hydrogens (primary N) is 1. The molecule has 4 heteroatoms. The van der Waals surface area contributed by atoms with Crippen molar-refractivity contribution >= 4 is 16.8 Å². The van der Waals surface area contributed by atoms with Gasteiger partial charge in [0, 0.05) is 37.4 Å². The normalized spacial score (nSPS) is 10.6. The van der Waals surface area contributed by atoms with Crippen molar-refractivity contribution in [3.05, 3.63) is 36.0 Å². The van der Waals surface area contributed by atoms with Crippen molar-refractivity contribution in [3.8, 4) is 0 Å². The van der Waals surface area contributed by atoms with Gasteiger partial charge in [0.05, 0.1) is 0 Å². The van der Waals surface area contributed by atoms with Crippen LogP contribution in [0.5, 0.6) is 0 Å². The third-order valence-corrected chi connectivity index (χ3v) is 2.61. The molecule has 16 heavy (non-hydrogen) atoms. The molecule has 0 aliphatic rings. The van der Waals surface area contributed by atoms with Gasteiger partial charge in [-0.15, -0.1) is 0 Å². The molecule has 2 aromatic rings. The fourth-order valence-electron chi connectivity index (χ4n) is 1.70. The summed E-state index contributed by atoms with van der Waals surface area (Å²) in [7, 11) is 1.76. The number of benzene rings is 1. The predicted molar refractivity (Wildman–Crippen MR) is 64.3 cm³/mol. The average molecular weight is 217 g/mol. The second kappa shape index (κ2) is 4.37. The Hall–Kier alpha value is -1.81. The molecule has 3 N–H and O–H groups in total. The van der Waals surface area contributed by atoms with Crippen molar-refractivity contribution < 1.29 is 4.79 Å². The van der Waals surface area contributed by atoms with Crippen molar-refractivity contribution in [1.82, 2.24) is 9.88 Å². The number of rotatable bonds is 3. The van der Waals surface area contributed by atoms with Crippen LogP contribution >= 0.6 is 0 Å². The zero-order chi connectivity index (χ0) is 11.5. The van der Waals surface area contributed by atoms with Crippen molar-refractivity contribution in [1.29, 1.82) is 0 Å². The van der Waals surface area contributed by atoms with Gasteiger partial charge in [-0.1, -0.05) is 6.07 Å². The first-order valence-electron chi connectivity index (χ1n) is 5.25. The summed E-state index contributed by atoms with van der Waals surface area (Å²) in [4.78, 5) is 16.7. The monoisotopic (exact) mass is 217 g/mol. The minimum Gasteiger partial charge on any atom is -0.361 e. The Morgan fingerprint density at radius 2 is 2.25 bits per heavy atom. The van der Waals surface area contributed by atoms with Crippen LogP contribution in [0.3, 0.4) is 0 Å². The van der Waals surface area contributed by atoms with Gasteiger partial charge in [-0.3, -0.25) is 4.79 Å². The smallest absolute Gasteiger partial charge is 0.253 e. The zero-order valence-electron chi connectivity index (χ0n) is 9.23. The number of nitrogens with zero attached hydrogens (tertiary/aromatic N) is 1. The third kappa shape index (κ3) is 1.92. The number of H-pyrrole nitrogens is 1. The maximum Gasteiger partial charge on any atom is 0.253 e. The largest absolute Gasteiger partial charge is 0.361 e. The summed E-state index contributed by atoms with van der Waals surface area (Å²) >= 11 is 0. The van der Waals surface area contributed by atoms with Gasteiger partial charge < -0.3 is 15.6 Å². The Labute approximate surface area is 94.0 Å². The molecule has 0 saturated carbocycles. The first kappa shape index (κ1) is 10.7. The molecule has 1 aromatic heterocycles. The summed E-state index contributed by atoms with van der Waals surface area (Å²) in [6, 6.07) is 7.62. The number of hydrogen-bond donors (Lipinski definition) is 2. The highest BCUT2D eigenvalue weighted by Crippen LogP contribution is 2.15. The van der Waals surface area contributed by atoms with Crippen LogP contribution in [0, 0.1) is 0 Å². The Morgan fingerprint density at radius 1 is 1.44 bits per heavy atom. The Morgan fingerprint density at radius 3 is 3.00 bits per heavy atom. The van der Waals surface area contributed by atoms with E-state index in [1.807, 2.05) is 30.5 Å². The molecule has 84 valence electrons. The number of hydrogen-bond acceptors (Lipinski definition) is 2. The Bertz CT molecular complexity index is 504. The molecule has 2 rings (SSSR count). The van der Waals surface area contributed by atoms with Gasteiger partial charge >= 0.3 is 0 Å². The van der Waals surface area contributed by atoms with Crippen molar-refractivity contribution in [3.63, 3.8) is 0 Å². The Kier molecular flexibility index (Phi) is 2.92. The van der Waals surface area contributed by atoms with Crippen molar-refractivity contribution in [2.45, 2.75) is 0 Å². The molecule has 4 nitrogen and oxygen atoms in total. The maximum atomic E-state index is 12.0. The molecule has 0 atom stereocenters. The van der Waals surface area contributed by atoms with E-state index in [9.17, 15) is 4.79 Å². The van der Waals surface area contributed by atoms with Crippen LogP contribution in [0.4, 0.5) is 0 Å². The summed E-state index contributed by atoms with van der Waals surface area (Å²) in [5.41, 5.74) is 7.08. The summed E-state index contributed by atoms with van der Waals surface area (Å²) in [5, 5.41) is 1.11. The van der Waals surface area contributed by atoms with Gasteiger partial charge in [-0.25, -0.2) is 0 Å². The van der Waals surface area contributed by atoms with E-state index in [4.69, 9.17) is 5.73 Å². The molecule has 1 amide bonds. The number of fused-ring (bicyclic) bond motifs is 1. The minimum atomic E-state index is 0.00181. The molecule has 0 aliphatic carbocycles. The maximum absolute atomic E-state index is 12.0. The Balaban J connectivity index is 2.28. The quantitative estimate of drug-likeness (QED) is 0.811. The highest BCUT2D eigenvalue weighted by Gasteiger charge is 2.11. The zero-order valence-corrected chi connectivity index (χ0v) is 9.23. The highest BCUT2D eigenvalue weighted by atomic mass is 16.2. The summed E-state index contributed by atoms with van der Waals surface area (Å²) in [6.07, 6.45) is 1.86. The summed E-state index contributed by atoms with van der Waals surface area (Å²) in [5.74, 6) is 0.00181. The topological polar surface area (TPSA) is 62.1 Å². The van der Waals surface area contributed by atoms with Crippen LogP contribution < -0.4 is 5.73 Å². The van der Waals surface area contributed by atoms with Crippen LogP contribution in [0.2, 0.25) is 0 Å². The van der Waals surface area contributed by atoms with Crippen LogP contribution in [0.15, 0.2) is 30.5 Å². The van der Waals surface area contributed by atoms with Crippen molar-refractivity contribution in [2.24, 2.45) is 5.73 Å². The molecule has 0 fully saturated rings. The van der Waals surface area contributed by atoms with Crippen LogP contribution in [0.25, 0.3) is 10.9 Å². The second-order valence-corrected chi connectivity index (χ2v) is 3.80. The SMILES string of the molecule is CN(CCN)C(=O)c1ccc2cc[nH]c2c1. The summed E-state index contributed by atoms with van der Waals surface area (Å²) < 4.78 is 0. The number of nitrogens with one attached hydrogen (secondary N) is 1. The molecule has 1 aromatic carbocycles. The van der Waals surface area contributed by atoms with E-state index >= 15 is 0 Å². The lowest BCUT2D eigenvalue weighted by atomic mass is 10.1. The van der Waals surface area contributed by atoms with E-state index in [0.29, 0.717) is 18.7 Å². The lowest BCUT2D eigenvalue weighted by Crippen LogP contribution is -2.31. The van der Waals surface area contributed by atoms with Crippen LogP contribution in [0.1, 0.15) is 10.4 Å². The van der Waals surface area contributed by atoms with Gasteiger partial charge in [-0.2, -0.15) is 0 Å². The molecule has 0 unspecified atom stereocenters. The van der Waals surface area contributed by atoms with Gasteiger partial charge in [0.15, 0.2) is 0 Å². The van der Waals surface area contributed by atoms with Gasteiger partial charge in [-0.05, 0) is 23.6 Å². The molecule has 0 radical (unpaired) electrons. The number of aromatic nitrogens is 1. The first-order valence-corrected chi connectivity index (χ1v) is 5.25. The van der Waals surface area contributed by atoms with Crippen LogP contribution in [-0.4, -0.2) is 35.9 Å². The number of aromatic amines is 1. The fraction of sp³-hybridized carbons (Fsp3) is 0.250. The van der Waals surface area contributed by atoms with E-state index in [1.165, 1.54) is 0 Å². The van der Waals surface area contributed by atoms with E-state index in [1.54, 1.807) is 11.9 Å². The average Bonchev–Trinajstić information content (AvgIpc) is 2.75. The second-order valence-electron chi connectivity index (χ2n) is 3.80. The molecule has 0 bridgehead atoms. The fourth-order valence-corrected chi connectivity index (χ4v) is 1.70. The summed E-state index contributed by atoms with van der Waals surface area (Å²) in [6.45, 7) is 1.05. The van der Waals surface area contributed by atoms with Gasteiger partial charge in [0.25, 0.3) is 5.91 Å².